The zero-order chi connectivity index (χ0) is 20.1. The highest BCUT2D eigenvalue weighted by atomic mass is 35.5. The summed E-state index contributed by atoms with van der Waals surface area (Å²) in [6, 6.07) is 14.6. The molecule has 2 aromatic carbocycles. The van der Waals surface area contributed by atoms with E-state index in [1.807, 2.05) is 50.2 Å². The van der Waals surface area contributed by atoms with Crippen molar-refractivity contribution >= 4 is 34.8 Å². The summed E-state index contributed by atoms with van der Waals surface area (Å²) >= 11 is 6.04. The van der Waals surface area contributed by atoms with Crippen LogP contribution in [0, 0.1) is 12.8 Å². The van der Waals surface area contributed by atoms with Crippen LogP contribution in [-0.2, 0) is 9.59 Å². The van der Waals surface area contributed by atoms with Crippen molar-refractivity contribution in [1.29, 1.82) is 0 Å². The van der Waals surface area contributed by atoms with E-state index in [9.17, 15) is 9.59 Å². The summed E-state index contributed by atoms with van der Waals surface area (Å²) in [4.78, 5) is 27.4. The van der Waals surface area contributed by atoms with Crippen LogP contribution in [0.2, 0.25) is 5.02 Å². The molecule has 2 aromatic rings. The van der Waals surface area contributed by atoms with E-state index >= 15 is 0 Å². The van der Waals surface area contributed by atoms with E-state index in [0.717, 1.165) is 36.3 Å². The molecule has 0 aliphatic carbocycles. The highest BCUT2D eigenvalue weighted by molar-refractivity contribution is 6.31. The van der Waals surface area contributed by atoms with Gasteiger partial charge in [0.15, 0.2) is 0 Å². The van der Waals surface area contributed by atoms with E-state index in [-0.39, 0.29) is 23.8 Å². The third kappa shape index (κ3) is 5.12. The number of rotatable bonds is 5. The fourth-order valence-corrected chi connectivity index (χ4v) is 3.64. The molecule has 28 heavy (non-hydrogen) atoms. The molecule has 0 spiro atoms. The van der Waals surface area contributed by atoms with Crippen molar-refractivity contribution in [3.8, 4) is 0 Å². The Morgan fingerprint density at radius 1 is 1.14 bits per heavy atom. The van der Waals surface area contributed by atoms with Gasteiger partial charge in [-0.1, -0.05) is 35.9 Å². The quantitative estimate of drug-likeness (QED) is 0.786. The second kappa shape index (κ2) is 9.22. The summed E-state index contributed by atoms with van der Waals surface area (Å²) in [5.74, 6) is -0.208. The first kappa shape index (κ1) is 20.4. The van der Waals surface area contributed by atoms with Crippen molar-refractivity contribution in [1.82, 2.24) is 4.90 Å². The lowest BCUT2D eigenvalue weighted by molar-refractivity contribution is -0.125. The predicted molar refractivity (Wildman–Crippen MR) is 114 cm³/mol. The van der Waals surface area contributed by atoms with Gasteiger partial charge in [-0.3, -0.25) is 14.5 Å². The third-order valence-corrected chi connectivity index (χ3v) is 5.48. The van der Waals surface area contributed by atoms with Crippen LogP contribution in [-0.4, -0.2) is 35.8 Å². The number of hydrogen-bond acceptors (Lipinski definition) is 3. The second-order valence-electron chi connectivity index (χ2n) is 7.31. The Balaban J connectivity index is 1.60. The number of aryl methyl sites for hydroxylation is 1. The van der Waals surface area contributed by atoms with Gasteiger partial charge in [-0.2, -0.15) is 0 Å². The van der Waals surface area contributed by atoms with Crippen molar-refractivity contribution in [2.45, 2.75) is 32.7 Å². The molecule has 1 heterocycles. The maximum atomic E-state index is 12.7. The molecule has 2 N–H and O–H groups in total. The molecule has 2 atom stereocenters. The number of nitrogens with zero attached hydrogens (tertiary/aromatic N) is 1. The lowest BCUT2D eigenvalue weighted by Crippen LogP contribution is -2.49. The Morgan fingerprint density at radius 3 is 2.64 bits per heavy atom. The molecule has 0 unspecified atom stereocenters. The van der Waals surface area contributed by atoms with E-state index in [2.05, 4.69) is 15.5 Å². The average molecular weight is 400 g/mol. The molecule has 0 aromatic heterocycles. The van der Waals surface area contributed by atoms with Crippen LogP contribution in [0.3, 0.4) is 0 Å². The van der Waals surface area contributed by atoms with Crippen LogP contribution in [0.1, 0.15) is 25.3 Å². The summed E-state index contributed by atoms with van der Waals surface area (Å²) in [7, 11) is 0. The first-order valence-electron chi connectivity index (χ1n) is 9.61. The van der Waals surface area contributed by atoms with Gasteiger partial charge in [-0.25, -0.2) is 0 Å². The average Bonchev–Trinajstić information content (AvgIpc) is 2.71. The fourth-order valence-electron chi connectivity index (χ4n) is 3.47. The van der Waals surface area contributed by atoms with Crippen molar-refractivity contribution in [3.05, 3.63) is 59.1 Å². The first-order chi connectivity index (χ1) is 13.4. The molecule has 6 heteroatoms. The highest BCUT2D eigenvalue weighted by Gasteiger charge is 2.31. The lowest BCUT2D eigenvalue weighted by Gasteiger charge is -2.35. The third-order valence-electron chi connectivity index (χ3n) is 5.25. The van der Waals surface area contributed by atoms with E-state index in [1.54, 1.807) is 12.1 Å². The Kier molecular flexibility index (Phi) is 6.70. The Bertz CT molecular complexity index is 841. The topological polar surface area (TPSA) is 61.4 Å². The number of halogens is 1. The van der Waals surface area contributed by atoms with Gasteiger partial charge in [0.2, 0.25) is 11.8 Å². The van der Waals surface area contributed by atoms with Crippen LogP contribution < -0.4 is 10.6 Å². The van der Waals surface area contributed by atoms with Crippen LogP contribution in [0.25, 0.3) is 0 Å². The van der Waals surface area contributed by atoms with Gasteiger partial charge in [0.25, 0.3) is 0 Å². The fraction of sp³-hybridized carbons (Fsp3) is 0.364. The number of amides is 2. The molecule has 0 bridgehead atoms. The maximum Gasteiger partial charge on any atom is 0.241 e. The van der Waals surface area contributed by atoms with Gasteiger partial charge in [0, 0.05) is 22.9 Å². The normalized spacial score (nSPS) is 18.3. The summed E-state index contributed by atoms with van der Waals surface area (Å²) in [6.45, 7) is 5.19. The largest absolute Gasteiger partial charge is 0.326 e. The minimum absolute atomic E-state index is 0.00851. The number of carbonyl (C=O) groups excluding carboxylic acids is 2. The SMILES string of the molecule is Cc1ccc(Cl)cc1NC(=O)[C@@H](C)N1CCC[C@@H](C(=O)Nc2ccccc2)C1. The molecule has 1 saturated heterocycles. The molecule has 3 rings (SSSR count). The number of nitrogens with one attached hydrogen (secondary N) is 2. The molecule has 5 nitrogen and oxygen atoms in total. The first-order valence-corrected chi connectivity index (χ1v) is 9.99. The van der Waals surface area contributed by atoms with Crippen LogP contribution >= 0.6 is 11.6 Å². The Morgan fingerprint density at radius 2 is 1.89 bits per heavy atom. The molecule has 148 valence electrons. The summed E-state index contributed by atoms with van der Waals surface area (Å²) in [5.41, 5.74) is 2.48. The predicted octanol–water partition coefficient (Wildman–Crippen LogP) is 4.33. The molecular weight excluding hydrogens is 374 g/mol. The van der Waals surface area contributed by atoms with Gasteiger partial charge in [-0.15, -0.1) is 0 Å². The highest BCUT2D eigenvalue weighted by Crippen LogP contribution is 2.23. The number of anilines is 2. The van der Waals surface area contributed by atoms with Gasteiger partial charge >= 0.3 is 0 Å². The molecular formula is C22H26ClN3O2. The van der Waals surface area contributed by atoms with Crippen molar-refractivity contribution in [3.63, 3.8) is 0 Å². The van der Waals surface area contributed by atoms with Crippen LogP contribution in [0.4, 0.5) is 11.4 Å². The van der Waals surface area contributed by atoms with E-state index in [1.165, 1.54) is 0 Å². The van der Waals surface area contributed by atoms with Crippen molar-refractivity contribution in [2.75, 3.05) is 23.7 Å². The molecule has 1 aliphatic rings. The summed E-state index contributed by atoms with van der Waals surface area (Å²) in [6.07, 6.45) is 1.72. The Hall–Kier alpha value is -2.37. The molecule has 1 aliphatic heterocycles. The van der Waals surface area contributed by atoms with Gasteiger partial charge in [0.1, 0.15) is 0 Å². The molecule has 0 saturated carbocycles. The summed E-state index contributed by atoms with van der Waals surface area (Å²) in [5, 5.41) is 6.53. The van der Waals surface area contributed by atoms with Crippen molar-refractivity contribution < 1.29 is 9.59 Å². The van der Waals surface area contributed by atoms with Gasteiger partial charge in [-0.05, 0) is 63.1 Å². The van der Waals surface area contributed by atoms with Crippen LogP contribution in [0.15, 0.2) is 48.5 Å². The van der Waals surface area contributed by atoms with E-state index in [4.69, 9.17) is 11.6 Å². The zero-order valence-corrected chi connectivity index (χ0v) is 17.0. The maximum absolute atomic E-state index is 12.7. The zero-order valence-electron chi connectivity index (χ0n) is 16.2. The second-order valence-corrected chi connectivity index (χ2v) is 7.75. The number of carbonyl (C=O) groups is 2. The number of likely N-dealkylation sites (tertiary alicyclic amines) is 1. The molecule has 0 radical (unpaired) electrons. The smallest absolute Gasteiger partial charge is 0.241 e. The van der Waals surface area contributed by atoms with Crippen molar-refractivity contribution in [2.24, 2.45) is 5.92 Å². The molecule has 1 fully saturated rings. The number of hydrogen-bond donors (Lipinski definition) is 2. The van der Waals surface area contributed by atoms with Gasteiger partial charge in [0.05, 0.1) is 12.0 Å². The minimum Gasteiger partial charge on any atom is -0.326 e. The monoisotopic (exact) mass is 399 g/mol. The number of piperidine rings is 1. The minimum atomic E-state index is -0.328. The van der Waals surface area contributed by atoms with Gasteiger partial charge < -0.3 is 10.6 Å². The van der Waals surface area contributed by atoms with E-state index < -0.39 is 0 Å². The number of para-hydroxylation sites is 1. The van der Waals surface area contributed by atoms with E-state index in [0.29, 0.717) is 11.6 Å². The number of benzene rings is 2. The lowest BCUT2D eigenvalue weighted by atomic mass is 9.95. The molecule has 2 amide bonds. The standard InChI is InChI=1S/C22H26ClN3O2/c1-15-10-11-18(23)13-20(15)25-21(27)16(2)26-12-6-7-17(14-26)22(28)24-19-8-4-3-5-9-19/h3-5,8-11,13,16-17H,6-7,12,14H2,1-2H3,(H,24,28)(H,25,27)/t16-,17-/m1/s1. The summed E-state index contributed by atoms with van der Waals surface area (Å²) < 4.78 is 0. The van der Waals surface area contributed by atoms with Crippen LogP contribution in [0.5, 0.6) is 0 Å². The Labute approximate surface area is 171 Å².